The lowest BCUT2D eigenvalue weighted by molar-refractivity contribution is 0.0987. The summed E-state index contributed by atoms with van der Waals surface area (Å²) in [4.78, 5) is 22.7. The molecule has 7 heteroatoms. The third-order valence-corrected chi connectivity index (χ3v) is 4.25. The van der Waals surface area contributed by atoms with Gasteiger partial charge in [-0.15, -0.1) is 0 Å². The predicted molar refractivity (Wildman–Crippen MR) is 89.3 cm³/mol. The molecule has 2 aromatic heterocycles. The second kappa shape index (κ2) is 5.73. The second-order valence-corrected chi connectivity index (χ2v) is 6.10. The molecule has 0 saturated heterocycles. The van der Waals surface area contributed by atoms with Gasteiger partial charge in [0.1, 0.15) is 16.1 Å². The van der Waals surface area contributed by atoms with E-state index in [0.29, 0.717) is 22.6 Å². The highest BCUT2D eigenvalue weighted by Gasteiger charge is 2.18. The third-order valence-electron chi connectivity index (χ3n) is 3.67. The van der Waals surface area contributed by atoms with Gasteiger partial charge in [0.2, 0.25) is 0 Å². The number of benzene rings is 1. The highest BCUT2D eigenvalue weighted by atomic mass is 79.9. The molecule has 0 aliphatic rings. The van der Waals surface area contributed by atoms with Crippen LogP contribution in [0, 0.1) is 19.7 Å². The van der Waals surface area contributed by atoms with Gasteiger partial charge in [0.25, 0.3) is 5.91 Å². The zero-order valence-electron chi connectivity index (χ0n) is 12.8. The van der Waals surface area contributed by atoms with Crippen LogP contribution in [0.15, 0.2) is 35.2 Å². The summed E-state index contributed by atoms with van der Waals surface area (Å²) in [6, 6.07) is 4.55. The summed E-state index contributed by atoms with van der Waals surface area (Å²) in [7, 11) is 1.64. The first-order valence-electron chi connectivity index (χ1n) is 6.93. The monoisotopic (exact) mass is 376 g/mol. The fraction of sp³-hybridized carbons (Fsp3) is 0.188. The average molecular weight is 377 g/mol. The molecule has 0 saturated carbocycles. The molecule has 0 atom stereocenters. The third kappa shape index (κ3) is 2.72. The number of halogens is 2. The minimum absolute atomic E-state index is 0.276. The Labute approximate surface area is 140 Å². The van der Waals surface area contributed by atoms with Gasteiger partial charge in [-0.1, -0.05) is 0 Å². The summed E-state index contributed by atoms with van der Waals surface area (Å²) in [5.74, 6) is -0.575. The molecule has 0 aliphatic heterocycles. The smallest absolute Gasteiger partial charge is 0.278 e. The summed E-state index contributed by atoms with van der Waals surface area (Å²) < 4.78 is 15.9. The van der Waals surface area contributed by atoms with Crippen molar-refractivity contribution in [3.05, 3.63) is 58.0 Å². The molecular weight excluding hydrogens is 363 g/mol. The molecule has 0 N–H and O–H groups in total. The molecular formula is C16H14BrFN4O. The predicted octanol–water partition coefficient (Wildman–Crippen LogP) is 3.52. The normalized spacial score (nSPS) is 11.0. The molecule has 0 radical (unpaired) electrons. The SMILES string of the molecule is Cc1cc(N(C)C(=O)c2cn3c(Br)cnc3c(C)n2)ccc1F. The minimum Gasteiger partial charge on any atom is -0.310 e. The first-order valence-corrected chi connectivity index (χ1v) is 7.72. The number of carbonyl (C=O) groups is 1. The first-order chi connectivity index (χ1) is 10.9. The van der Waals surface area contributed by atoms with E-state index in [1.54, 1.807) is 49.8 Å². The number of aryl methyl sites for hydroxylation is 2. The number of amides is 1. The molecule has 23 heavy (non-hydrogen) atoms. The standard InChI is InChI=1S/C16H14BrFN4O/c1-9-6-11(4-5-12(9)18)21(3)16(23)13-8-22-14(17)7-19-15(22)10(2)20-13/h4-8H,1-3H3. The Hall–Kier alpha value is -2.28. The maximum atomic E-state index is 13.4. The molecule has 0 spiro atoms. The second-order valence-electron chi connectivity index (χ2n) is 5.28. The minimum atomic E-state index is -0.299. The van der Waals surface area contributed by atoms with Crippen molar-refractivity contribution in [2.24, 2.45) is 0 Å². The molecule has 3 rings (SSSR count). The summed E-state index contributed by atoms with van der Waals surface area (Å²) in [6.07, 6.45) is 3.29. The maximum Gasteiger partial charge on any atom is 0.278 e. The van der Waals surface area contributed by atoms with E-state index in [1.807, 2.05) is 0 Å². The Morgan fingerprint density at radius 3 is 2.78 bits per heavy atom. The van der Waals surface area contributed by atoms with Crippen molar-refractivity contribution in [2.75, 3.05) is 11.9 Å². The highest BCUT2D eigenvalue weighted by molar-refractivity contribution is 9.10. The van der Waals surface area contributed by atoms with E-state index in [9.17, 15) is 9.18 Å². The van der Waals surface area contributed by atoms with Gasteiger partial charge in [-0.3, -0.25) is 9.20 Å². The van der Waals surface area contributed by atoms with Crippen LogP contribution in [0.2, 0.25) is 0 Å². The summed E-state index contributed by atoms with van der Waals surface area (Å²) in [6.45, 7) is 3.46. The van der Waals surface area contributed by atoms with Gasteiger partial charge in [-0.05, 0) is 53.5 Å². The molecule has 0 bridgehead atoms. The zero-order valence-corrected chi connectivity index (χ0v) is 14.4. The van der Waals surface area contributed by atoms with Crippen molar-refractivity contribution < 1.29 is 9.18 Å². The van der Waals surface area contributed by atoms with Gasteiger partial charge in [0.15, 0.2) is 5.65 Å². The fourth-order valence-electron chi connectivity index (χ4n) is 2.34. The van der Waals surface area contributed by atoms with Crippen LogP contribution in [0.25, 0.3) is 5.65 Å². The summed E-state index contributed by atoms with van der Waals surface area (Å²) >= 11 is 3.39. The number of carbonyl (C=O) groups excluding carboxylic acids is 1. The Morgan fingerprint density at radius 1 is 1.35 bits per heavy atom. The van der Waals surface area contributed by atoms with E-state index in [2.05, 4.69) is 25.9 Å². The van der Waals surface area contributed by atoms with Crippen LogP contribution >= 0.6 is 15.9 Å². The van der Waals surface area contributed by atoms with Crippen molar-refractivity contribution >= 4 is 33.2 Å². The van der Waals surface area contributed by atoms with Gasteiger partial charge < -0.3 is 4.90 Å². The molecule has 3 aromatic rings. The van der Waals surface area contributed by atoms with E-state index >= 15 is 0 Å². The van der Waals surface area contributed by atoms with Crippen LogP contribution in [0.4, 0.5) is 10.1 Å². The maximum absolute atomic E-state index is 13.4. The van der Waals surface area contributed by atoms with E-state index in [0.717, 1.165) is 4.60 Å². The highest BCUT2D eigenvalue weighted by Crippen LogP contribution is 2.20. The lowest BCUT2D eigenvalue weighted by atomic mass is 10.2. The molecule has 2 heterocycles. The molecule has 1 aromatic carbocycles. The van der Waals surface area contributed by atoms with Crippen LogP contribution < -0.4 is 4.90 Å². The van der Waals surface area contributed by atoms with E-state index < -0.39 is 0 Å². The van der Waals surface area contributed by atoms with Crippen molar-refractivity contribution in [3.8, 4) is 0 Å². The molecule has 5 nitrogen and oxygen atoms in total. The van der Waals surface area contributed by atoms with Crippen molar-refractivity contribution in [3.63, 3.8) is 0 Å². The first kappa shape index (κ1) is 15.6. The molecule has 118 valence electrons. The molecule has 1 amide bonds. The number of hydrogen-bond acceptors (Lipinski definition) is 3. The van der Waals surface area contributed by atoms with Crippen LogP contribution in [-0.4, -0.2) is 27.3 Å². The van der Waals surface area contributed by atoms with Gasteiger partial charge in [-0.25, -0.2) is 14.4 Å². The van der Waals surface area contributed by atoms with Crippen LogP contribution in [0.5, 0.6) is 0 Å². The summed E-state index contributed by atoms with van der Waals surface area (Å²) in [5, 5.41) is 0. The fourth-order valence-corrected chi connectivity index (χ4v) is 2.71. The topological polar surface area (TPSA) is 50.5 Å². The largest absolute Gasteiger partial charge is 0.310 e. The van der Waals surface area contributed by atoms with Gasteiger partial charge in [-0.2, -0.15) is 0 Å². The Bertz CT molecular complexity index is 922. The lowest BCUT2D eigenvalue weighted by Crippen LogP contribution is -2.27. The number of nitrogens with zero attached hydrogens (tertiary/aromatic N) is 4. The van der Waals surface area contributed by atoms with Crippen molar-refractivity contribution in [1.82, 2.24) is 14.4 Å². The summed E-state index contributed by atoms with van der Waals surface area (Å²) in [5.41, 5.74) is 2.73. The van der Waals surface area contributed by atoms with Crippen molar-refractivity contribution in [2.45, 2.75) is 13.8 Å². The number of fused-ring (bicyclic) bond motifs is 1. The van der Waals surface area contributed by atoms with Gasteiger partial charge in [0.05, 0.1) is 11.9 Å². The van der Waals surface area contributed by atoms with Crippen LogP contribution in [0.3, 0.4) is 0 Å². The Morgan fingerprint density at radius 2 is 2.09 bits per heavy atom. The van der Waals surface area contributed by atoms with Crippen LogP contribution in [-0.2, 0) is 0 Å². The Kier molecular flexibility index (Phi) is 3.89. The van der Waals surface area contributed by atoms with E-state index in [1.165, 1.54) is 11.0 Å². The van der Waals surface area contributed by atoms with Crippen LogP contribution in [0.1, 0.15) is 21.7 Å². The molecule has 0 unspecified atom stereocenters. The average Bonchev–Trinajstić information content (AvgIpc) is 2.90. The molecule has 0 fully saturated rings. The quantitative estimate of drug-likeness (QED) is 0.687. The number of imidazole rings is 1. The van der Waals surface area contributed by atoms with Crippen molar-refractivity contribution in [1.29, 1.82) is 0 Å². The lowest BCUT2D eigenvalue weighted by Gasteiger charge is -2.18. The number of hydrogen-bond donors (Lipinski definition) is 0. The van der Waals surface area contributed by atoms with Gasteiger partial charge >= 0.3 is 0 Å². The number of anilines is 1. The zero-order chi connectivity index (χ0) is 16.7. The van der Waals surface area contributed by atoms with Gasteiger partial charge in [0, 0.05) is 18.9 Å². The number of rotatable bonds is 2. The number of aromatic nitrogens is 3. The Balaban J connectivity index is 2.02. The van der Waals surface area contributed by atoms with E-state index in [4.69, 9.17) is 0 Å². The molecule has 0 aliphatic carbocycles. The van der Waals surface area contributed by atoms with E-state index in [-0.39, 0.29) is 17.4 Å².